The van der Waals surface area contributed by atoms with Crippen molar-refractivity contribution in [1.82, 2.24) is 16.0 Å². The zero-order chi connectivity index (χ0) is 26.4. The molecule has 1 atom stereocenters. The van der Waals surface area contributed by atoms with Crippen molar-refractivity contribution in [3.63, 3.8) is 0 Å². The van der Waals surface area contributed by atoms with Gasteiger partial charge in [0.25, 0.3) is 11.8 Å². The van der Waals surface area contributed by atoms with Gasteiger partial charge in [0, 0.05) is 29.1 Å². The number of furan rings is 1. The van der Waals surface area contributed by atoms with Gasteiger partial charge in [0.05, 0.1) is 26.3 Å². The fourth-order valence-corrected chi connectivity index (χ4v) is 4.23. The van der Waals surface area contributed by atoms with E-state index in [4.69, 9.17) is 30.2 Å². The van der Waals surface area contributed by atoms with Crippen LogP contribution < -0.4 is 30.2 Å². The summed E-state index contributed by atoms with van der Waals surface area (Å²) in [5, 5.41) is 9.46. The maximum absolute atomic E-state index is 13.0. The molecule has 196 valence electrons. The maximum Gasteiger partial charge on any atom is 0.287 e. The third-order valence-corrected chi connectivity index (χ3v) is 6.13. The highest BCUT2D eigenvalue weighted by Gasteiger charge is 2.24. The minimum atomic E-state index is -0.808. The van der Waals surface area contributed by atoms with E-state index in [-0.39, 0.29) is 30.7 Å². The van der Waals surface area contributed by atoms with Gasteiger partial charge in [-0.05, 0) is 43.5 Å². The van der Waals surface area contributed by atoms with Gasteiger partial charge in [-0.1, -0.05) is 11.6 Å². The van der Waals surface area contributed by atoms with E-state index in [1.165, 1.54) is 14.2 Å². The minimum Gasteiger partial charge on any atom is -0.497 e. The molecule has 1 aliphatic heterocycles. The number of rotatable bonds is 4. The molecule has 0 bridgehead atoms. The molecule has 0 saturated heterocycles. The van der Waals surface area contributed by atoms with Gasteiger partial charge in [-0.3, -0.25) is 14.4 Å². The molecule has 10 nitrogen and oxygen atoms in total. The first-order chi connectivity index (χ1) is 17.9. The summed E-state index contributed by atoms with van der Waals surface area (Å²) in [5.41, 5.74) is 0.774. The minimum absolute atomic E-state index is 0.0314. The second kappa shape index (κ2) is 11.9. The molecule has 2 aromatic carbocycles. The van der Waals surface area contributed by atoms with Crippen molar-refractivity contribution >= 4 is 40.3 Å². The number of fused-ring (bicyclic) bond motifs is 2. The Morgan fingerprint density at radius 1 is 1.05 bits per heavy atom. The van der Waals surface area contributed by atoms with Crippen LogP contribution in [0.15, 0.2) is 40.8 Å². The number of carbonyl (C=O) groups is 3. The molecule has 37 heavy (non-hydrogen) atoms. The molecule has 0 fully saturated rings. The SMILES string of the molecule is COc1ccc2c(c1)OCCNC(=O)[C@@H](NC(=O)c1cc3cc(Cl)cc(OC)c3o1)CCCCNC2=O. The summed E-state index contributed by atoms with van der Waals surface area (Å²) in [7, 11) is 3.00. The lowest BCUT2D eigenvalue weighted by molar-refractivity contribution is -0.123. The molecule has 0 aliphatic carbocycles. The van der Waals surface area contributed by atoms with Crippen LogP contribution in [0.25, 0.3) is 11.0 Å². The lowest BCUT2D eigenvalue weighted by Gasteiger charge is -2.19. The molecule has 4 rings (SSSR count). The summed E-state index contributed by atoms with van der Waals surface area (Å²) in [6.45, 7) is 0.685. The Kier molecular flexibility index (Phi) is 8.39. The van der Waals surface area contributed by atoms with Crippen molar-refractivity contribution in [2.45, 2.75) is 25.3 Å². The Morgan fingerprint density at radius 2 is 1.89 bits per heavy atom. The lowest BCUT2D eigenvalue weighted by Crippen LogP contribution is -2.47. The van der Waals surface area contributed by atoms with Crippen LogP contribution in [-0.4, -0.2) is 57.7 Å². The highest BCUT2D eigenvalue weighted by molar-refractivity contribution is 6.31. The molecular weight excluding hydrogens is 502 g/mol. The lowest BCUT2D eigenvalue weighted by atomic mass is 10.1. The van der Waals surface area contributed by atoms with Gasteiger partial charge in [-0.15, -0.1) is 0 Å². The zero-order valence-corrected chi connectivity index (χ0v) is 21.3. The smallest absolute Gasteiger partial charge is 0.287 e. The summed E-state index contributed by atoms with van der Waals surface area (Å²) in [5.74, 6) is 0.187. The highest BCUT2D eigenvalue weighted by Crippen LogP contribution is 2.32. The van der Waals surface area contributed by atoms with Crippen LogP contribution in [-0.2, 0) is 4.79 Å². The van der Waals surface area contributed by atoms with Crippen LogP contribution in [0, 0.1) is 0 Å². The molecule has 1 aliphatic rings. The van der Waals surface area contributed by atoms with E-state index in [0.717, 1.165) is 0 Å². The molecule has 0 unspecified atom stereocenters. The van der Waals surface area contributed by atoms with Gasteiger partial charge < -0.3 is 34.6 Å². The topological polar surface area (TPSA) is 128 Å². The van der Waals surface area contributed by atoms with E-state index in [2.05, 4.69) is 16.0 Å². The first-order valence-corrected chi connectivity index (χ1v) is 12.2. The van der Waals surface area contributed by atoms with Gasteiger partial charge >= 0.3 is 0 Å². The van der Waals surface area contributed by atoms with E-state index in [1.807, 2.05) is 0 Å². The zero-order valence-electron chi connectivity index (χ0n) is 20.5. The van der Waals surface area contributed by atoms with E-state index in [0.29, 0.717) is 64.6 Å². The summed E-state index contributed by atoms with van der Waals surface area (Å²) in [6, 6.07) is 8.95. The fourth-order valence-electron chi connectivity index (χ4n) is 4.01. The Bertz CT molecular complexity index is 1310. The Hall–Kier alpha value is -3.92. The van der Waals surface area contributed by atoms with Crippen molar-refractivity contribution in [3.8, 4) is 17.2 Å². The third kappa shape index (κ3) is 6.26. The van der Waals surface area contributed by atoms with Gasteiger partial charge in [0.1, 0.15) is 24.1 Å². The Balaban J connectivity index is 1.46. The van der Waals surface area contributed by atoms with Crippen molar-refractivity contribution < 1.29 is 33.0 Å². The van der Waals surface area contributed by atoms with Crippen LogP contribution in [0.3, 0.4) is 0 Å². The monoisotopic (exact) mass is 529 g/mol. The predicted octanol–water partition coefficient (Wildman–Crippen LogP) is 3.31. The molecule has 2 heterocycles. The predicted molar refractivity (Wildman–Crippen MR) is 137 cm³/mol. The number of carbonyl (C=O) groups excluding carboxylic acids is 3. The summed E-state index contributed by atoms with van der Waals surface area (Å²) >= 11 is 6.11. The number of amides is 3. The average Bonchev–Trinajstić information content (AvgIpc) is 3.33. The summed E-state index contributed by atoms with van der Waals surface area (Å²) < 4.78 is 22.0. The van der Waals surface area contributed by atoms with Gasteiger partial charge in [-0.25, -0.2) is 0 Å². The van der Waals surface area contributed by atoms with Crippen LogP contribution in [0.4, 0.5) is 0 Å². The standard InChI is InChI=1S/C26H28ClN3O7/c1-34-17-6-7-18-20(14-17)36-10-9-29-25(32)19(5-3-4-8-28-24(18)31)30-26(33)22-12-15-11-16(27)13-21(35-2)23(15)37-22/h6-7,11-14,19H,3-5,8-10H2,1-2H3,(H,28,31)(H,29,32)(H,30,33)/t19-/m0/s1. The maximum atomic E-state index is 13.0. The first-order valence-electron chi connectivity index (χ1n) is 11.8. The van der Waals surface area contributed by atoms with Crippen LogP contribution in [0.2, 0.25) is 5.02 Å². The third-order valence-electron chi connectivity index (χ3n) is 5.91. The number of benzene rings is 2. The van der Waals surface area contributed by atoms with Crippen molar-refractivity contribution in [1.29, 1.82) is 0 Å². The van der Waals surface area contributed by atoms with Gasteiger partial charge in [0.2, 0.25) is 5.91 Å². The van der Waals surface area contributed by atoms with Gasteiger partial charge in [0.15, 0.2) is 17.1 Å². The first kappa shape index (κ1) is 26.2. The largest absolute Gasteiger partial charge is 0.497 e. The molecule has 0 saturated carbocycles. The second-order valence-electron chi connectivity index (χ2n) is 8.42. The van der Waals surface area contributed by atoms with E-state index >= 15 is 0 Å². The molecule has 11 heteroatoms. The number of ether oxygens (including phenoxy) is 3. The van der Waals surface area contributed by atoms with E-state index < -0.39 is 11.9 Å². The molecular formula is C26H28ClN3O7. The van der Waals surface area contributed by atoms with Crippen LogP contribution in [0.1, 0.15) is 40.2 Å². The molecule has 3 aromatic rings. The normalized spacial score (nSPS) is 17.0. The Morgan fingerprint density at radius 3 is 2.68 bits per heavy atom. The van der Waals surface area contributed by atoms with E-state index in [9.17, 15) is 14.4 Å². The molecule has 0 spiro atoms. The Labute approximate surface area is 218 Å². The van der Waals surface area contributed by atoms with E-state index in [1.54, 1.807) is 36.4 Å². The number of nitrogens with one attached hydrogen (secondary N) is 3. The van der Waals surface area contributed by atoms with Crippen molar-refractivity contribution in [3.05, 3.63) is 52.7 Å². The van der Waals surface area contributed by atoms with Crippen molar-refractivity contribution in [2.75, 3.05) is 33.9 Å². The fraction of sp³-hybridized carbons (Fsp3) is 0.346. The molecule has 3 amide bonds. The average molecular weight is 530 g/mol. The molecule has 0 radical (unpaired) electrons. The molecule has 3 N–H and O–H groups in total. The van der Waals surface area contributed by atoms with Crippen LogP contribution >= 0.6 is 11.6 Å². The summed E-state index contributed by atoms with van der Waals surface area (Å²) in [4.78, 5) is 38.6. The van der Waals surface area contributed by atoms with Gasteiger partial charge in [-0.2, -0.15) is 0 Å². The number of methoxy groups -OCH3 is 2. The highest BCUT2D eigenvalue weighted by atomic mass is 35.5. The van der Waals surface area contributed by atoms with Crippen LogP contribution in [0.5, 0.6) is 17.2 Å². The summed E-state index contributed by atoms with van der Waals surface area (Å²) in [6.07, 6.45) is 1.57. The van der Waals surface area contributed by atoms with Crippen molar-refractivity contribution in [2.24, 2.45) is 0 Å². The molecule has 1 aromatic heterocycles. The number of hydrogen-bond donors (Lipinski definition) is 3. The number of halogens is 1. The quantitative estimate of drug-likeness (QED) is 0.473. The number of hydrogen-bond acceptors (Lipinski definition) is 7. The second-order valence-corrected chi connectivity index (χ2v) is 8.85.